The topological polar surface area (TPSA) is 80.0 Å². The Morgan fingerprint density at radius 3 is 2.65 bits per heavy atom. The lowest BCUT2D eigenvalue weighted by atomic mass is 9.80. The molecule has 13 heteroatoms. The van der Waals surface area contributed by atoms with Gasteiger partial charge in [-0.1, -0.05) is 42.2 Å². The van der Waals surface area contributed by atoms with Crippen LogP contribution in [0.2, 0.25) is 0 Å². The van der Waals surface area contributed by atoms with Crippen LogP contribution in [0.15, 0.2) is 16.0 Å². The van der Waals surface area contributed by atoms with Gasteiger partial charge in [0.1, 0.15) is 18.9 Å². The predicted octanol–water partition coefficient (Wildman–Crippen LogP) is 4.77. The van der Waals surface area contributed by atoms with Crippen molar-refractivity contribution >= 4 is 97.6 Å². The Balaban J connectivity index is 1.44. The molecule has 1 amide bonds. The molecule has 1 atom stereocenters. The van der Waals surface area contributed by atoms with E-state index in [0.717, 1.165) is 45.5 Å². The highest BCUT2D eigenvalue weighted by Crippen LogP contribution is 2.47. The maximum atomic E-state index is 12.8. The molecule has 0 bridgehead atoms. The van der Waals surface area contributed by atoms with Gasteiger partial charge in [0, 0.05) is 13.1 Å². The number of rotatable bonds is 4. The number of carbonyl (C=O) groups is 1. The van der Waals surface area contributed by atoms with Crippen LogP contribution in [0.4, 0.5) is 0 Å². The zero-order valence-corrected chi connectivity index (χ0v) is 25.1. The molecule has 0 aromatic carbocycles. The number of hydrogen-bond donors (Lipinski definition) is 1. The van der Waals surface area contributed by atoms with Crippen molar-refractivity contribution in [1.29, 1.82) is 0 Å². The zero-order chi connectivity index (χ0) is 25.9. The number of ether oxygens (including phenoxy) is 1. The van der Waals surface area contributed by atoms with Crippen molar-refractivity contribution in [3.8, 4) is 11.8 Å². The van der Waals surface area contributed by atoms with Crippen LogP contribution >= 0.6 is 70.6 Å². The smallest absolute Gasteiger partial charge is 0.265 e. The van der Waals surface area contributed by atoms with Crippen LogP contribution in [-0.2, 0) is 11.3 Å². The van der Waals surface area contributed by atoms with Gasteiger partial charge in [-0.15, -0.1) is 22.7 Å². The second-order valence-corrected chi connectivity index (χ2v) is 14.6. The fraction of sp³-hybridized carbons (Fsp3) is 0.458. The molecular weight excluding hydrogens is 585 g/mol. The van der Waals surface area contributed by atoms with E-state index in [0.29, 0.717) is 37.0 Å². The molecule has 1 saturated heterocycles. The predicted molar refractivity (Wildman–Crippen MR) is 160 cm³/mol. The minimum absolute atomic E-state index is 0.0432. The molecule has 194 valence electrons. The summed E-state index contributed by atoms with van der Waals surface area (Å²) >= 11 is 16.7. The molecule has 4 aliphatic rings. The molecule has 37 heavy (non-hydrogen) atoms. The Labute approximate surface area is 241 Å². The van der Waals surface area contributed by atoms with Crippen molar-refractivity contribution < 1.29 is 14.6 Å². The number of thiocarbonyl (C=S) groups is 1. The second kappa shape index (κ2) is 9.91. The van der Waals surface area contributed by atoms with Gasteiger partial charge in [-0.3, -0.25) is 19.3 Å². The third-order valence-corrected chi connectivity index (χ3v) is 11.9. The highest BCUT2D eigenvalue weighted by Gasteiger charge is 2.48. The van der Waals surface area contributed by atoms with Crippen LogP contribution in [0.25, 0.3) is 11.0 Å². The fourth-order valence-electron chi connectivity index (χ4n) is 5.05. The molecule has 2 aromatic heterocycles. The van der Waals surface area contributed by atoms with E-state index in [2.05, 4.69) is 0 Å². The number of nitrogens with zero attached hydrogens (tertiary/aromatic N) is 4. The van der Waals surface area contributed by atoms with E-state index in [1.165, 1.54) is 40.9 Å². The SMILES string of the molecule is CCN1C(=O)/C(=C/C2N=C3C(=c4sc(=Cc5sc(=S)n(CC)c5O)nc4OC34CCCCC4)S2)SC1=S. The maximum Gasteiger partial charge on any atom is 0.265 e. The largest absolute Gasteiger partial charge is 0.493 e. The van der Waals surface area contributed by atoms with Gasteiger partial charge >= 0.3 is 0 Å². The van der Waals surface area contributed by atoms with E-state index in [1.807, 2.05) is 26.0 Å². The molecule has 1 aliphatic carbocycles. The van der Waals surface area contributed by atoms with Crippen molar-refractivity contribution in [3.05, 3.63) is 29.0 Å². The van der Waals surface area contributed by atoms with E-state index in [-0.39, 0.29) is 17.2 Å². The van der Waals surface area contributed by atoms with Crippen LogP contribution < -0.4 is 13.9 Å². The van der Waals surface area contributed by atoms with E-state index in [9.17, 15) is 9.90 Å². The monoisotopic (exact) mass is 608 g/mol. The normalized spacial score (nSPS) is 24.2. The van der Waals surface area contributed by atoms with Gasteiger partial charge in [0.15, 0.2) is 9.56 Å². The van der Waals surface area contributed by atoms with Gasteiger partial charge in [-0.25, -0.2) is 4.98 Å². The van der Waals surface area contributed by atoms with Crippen molar-refractivity contribution in [2.24, 2.45) is 4.99 Å². The van der Waals surface area contributed by atoms with Crippen molar-refractivity contribution in [3.63, 3.8) is 0 Å². The number of likely N-dealkylation sites (N-methyl/N-ethyl adjacent to an activating group) is 1. The summed E-state index contributed by atoms with van der Waals surface area (Å²) in [5.74, 6) is 0.763. The highest BCUT2D eigenvalue weighted by atomic mass is 32.2. The molecule has 0 radical (unpaired) electrons. The average molecular weight is 609 g/mol. The Morgan fingerprint density at radius 2 is 1.97 bits per heavy atom. The number of fused-ring (bicyclic) bond motifs is 3. The number of thioether (sulfide) groups is 2. The van der Waals surface area contributed by atoms with Gasteiger partial charge in [0.05, 0.1) is 20.4 Å². The lowest BCUT2D eigenvalue weighted by Gasteiger charge is -2.39. The summed E-state index contributed by atoms with van der Waals surface area (Å²) in [5, 5.41) is 10.4. The summed E-state index contributed by atoms with van der Waals surface area (Å²) in [5.41, 5.74) is 0.510. The summed E-state index contributed by atoms with van der Waals surface area (Å²) in [6.07, 6.45) is 8.97. The first-order chi connectivity index (χ1) is 17.8. The molecule has 1 saturated carbocycles. The van der Waals surface area contributed by atoms with Gasteiger partial charge in [-0.05, 0) is 63.9 Å². The molecule has 5 heterocycles. The van der Waals surface area contributed by atoms with Gasteiger partial charge < -0.3 is 9.84 Å². The Kier molecular flexibility index (Phi) is 6.89. The van der Waals surface area contributed by atoms with Crippen molar-refractivity contribution in [1.82, 2.24) is 14.5 Å². The summed E-state index contributed by atoms with van der Waals surface area (Å²) in [6, 6.07) is 0. The summed E-state index contributed by atoms with van der Waals surface area (Å²) in [7, 11) is 0. The number of thiazole rings is 2. The van der Waals surface area contributed by atoms with Crippen LogP contribution in [0.5, 0.6) is 11.8 Å². The summed E-state index contributed by atoms with van der Waals surface area (Å²) in [6.45, 7) is 5.07. The van der Waals surface area contributed by atoms with E-state index in [1.54, 1.807) is 21.2 Å². The first kappa shape index (κ1) is 25.8. The van der Waals surface area contributed by atoms with Crippen molar-refractivity contribution in [2.45, 2.75) is 63.5 Å². The maximum absolute atomic E-state index is 12.8. The molecule has 1 N–H and O–H groups in total. The van der Waals surface area contributed by atoms with E-state index in [4.69, 9.17) is 39.1 Å². The Morgan fingerprint density at radius 1 is 1.19 bits per heavy atom. The molecule has 2 aromatic rings. The first-order valence-electron chi connectivity index (χ1n) is 12.2. The molecule has 7 nitrogen and oxygen atoms in total. The molecular formula is C24H24N4O3S6. The van der Waals surface area contributed by atoms with Crippen LogP contribution in [0.1, 0.15) is 50.8 Å². The van der Waals surface area contributed by atoms with Crippen LogP contribution in [-0.4, -0.2) is 53.0 Å². The number of aromatic nitrogens is 2. The summed E-state index contributed by atoms with van der Waals surface area (Å²) in [4.78, 5) is 26.8. The van der Waals surface area contributed by atoms with Gasteiger partial charge in [0.25, 0.3) is 5.91 Å². The lowest BCUT2D eigenvalue weighted by molar-refractivity contribution is -0.122. The molecule has 1 spiro atoms. The number of carbonyl (C=O) groups excluding carboxylic acids is 1. The molecule has 2 fully saturated rings. The Bertz CT molecular complexity index is 1560. The lowest BCUT2D eigenvalue weighted by Crippen LogP contribution is -2.49. The third kappa shape index (κ3) is 4.35. The number of aromatic hydroxyl groups is 1. The van der Waals surface area contributed by atoms with Crippen molar-refractivity contribution in [2.75, 3.05) is 6.54 Å². The molecule has 6 rings (SSSR count). The minimum atomic E-state index is -0.478. The highest BCUT2D eigenvalue weighted by molar-refractivity contribution is 8.26. The molecule has 1 unspecified atom stereocenters. The second-order valence-electron chi connectivity index (χ2n) is 9.05. The third-order valence-electron chi connectivity index (χ3n) is 6.86. The fourth-order valence-corrected chi connectivity index (χ4v) is 10.3. The van der Waals surface area contributed by atoms with Gasteiger partial charge in [-0.2, -0.15) is 0 Å². The standard InChI is InChI=1S/C24H24N4O3S6/c1-3-27-20(29)12(34-22(27)32)10-14-25-18-16(36-14)17-19(31-24(18)8-6-5-7-9-24)26-15(37-17)11-13-21(30)28(4-2)23(33)35-13/h10-11,14,30H,3-9H2,1-2H3/b12-10-,15-11?. The number of aliphatic imine (C=N–C) groups is 1. The van der Waals surface area contributed by atoms with E-state index >= 15 is 0 Å². The van der Waals surface area contributed by atoms with E-state index < -0.39 is 5.60 Å². The molecule has 3 aliphatic heterocycles. The average Bonchev–Trinajstić information content (AvgIpc) is 3.60. The first-order valence-corrected chi connectivity index (χ1v) is 16.3. The van der Waals surface area contributed by atoms with Crippen LogP contribution in [0.3, 0.4) is 0 Å². The number of hydrogen-bond acceptors (Lipinski definition) is 11. The summed E-state index contributed by atoms with van der Waals surface area (Å²) < 4.78 is 11.3. The van der Waals surface area contributed by atoms with Crippen LogP contribution in [0, 0.1) is 3.95 Å². The Hall–Kier alpha value is -1.51. The number of amides is 1. The zero-order valence-electron chi connectivity index (χ0n) is 20.2. The minimum Gasteiger partial charge on any atom is -0.493 e. The quantitative estimate of drug-likeness (QED) is 0.393. The van der Waals surface area contributed by atoms with Gasteiger partial charge in [0.2, 0.25) is 11.8 Å².